The SMILES string of the molecule is Cn1cnc(C(=O)NCC2(CC(=O)O)CCC2)c1. The molecule has 1 aromatic rings. The topological polar surface area (TPSA) is 84.2 Å². The van der Waals surface area contributed by atoms with E-state index in [1.165, 1.54) is 0 Å². The number of aliphatic carboxylic acids is 1. The molecule has 1 aliphatic rings. The van der Waals surface area contributed by atoms with E-state index in [-0.39, 0.29) is 17.7 Å². The highest BCUT2D eigenvalue weighted by Crippen LogP contribution is 2.43. The van der Waals surface area contributed by atoms with Gasteiger partial charge in [0.1, 0.15) is 5.69 Å². The maximum absolute atomic E-state index is 11.8. The largest absolute Gasteiger partial charge is 0.481 e. The highest BCUT2D eigenvalue weighted by Gasteiger charge is 2.39. The lowest BCUT2D eigenvalue weighted by Crippen LogP contribution is -2.43. The summed E-state index contributed by atoms with van der Waals surface area (Å²) >= 11 is 0. The van der Waals surface area contributed by atoms with E-state index in [1.54, 1.807) is 24.1 Å². The van der Waals surface area contributed by atoms with Crippen molar-refractivity contribution in [3.05, 3.63) is 18.2 Å². The maximum atomic E-state index is 11.8. The quantitative estimate of drug-likeness (QED) is 0.810. The number of carboxylic acids is 1. The molecule has 0 unspecified atom stereocenters. The van der Waals surface area contributed by atoms with Gasteiger partial charge in [-0.15, -0.1) is 0 Å². The predicted octanol–water partition coefficient (Wildman–Crippen LogP) is 0.795. The molecule has 18 heavy (non-hydrogen) atoms. The highest BCUT2D eigenvalue weighted by atomic mass is 16.4. The van der Waals surface area contributed by atoms with Gasteiger partial charge < -0.3 is 15.0 Å². The van der Waals surface area contributed by atoms with Gasteiger partial charge in [-0.1, -0.05) is 6.42 Å². The van der Waals surface area contributed by atoms with Crippen molar-refractivity contribution in [3.63, 3.8) is 0 Å². The average molecular weight is 251 g/mol. The summed E-state index contributed by atoms with van der Waals surface area (Å²) in [4.78, 5) is 26.5. The third-order valence-corrected chi connectivity index (χ3v) is 3.50. The van der Waals surface area contributed by atoms with Gasteiger partial charge in [0.25, 0.3) is 5.91 Å². The van der Waals surface area contributed by atoms with Crippen molar-refractivity contribution >= 4 is 11.9 Å². The van der Waals surface area contributed by atoms with Crippen LogP contribution in [0.25, 0.3) is 0 Å². The Labute approximate surface area is 105 Å². The van der Waals surface area contributed by atoms with Crippen LogP contribution >= 0.6 is 0 Å². The number of nitrogens with one attached hydrogen (secondary N) is 1. The molecule has 1 amide bonds. The summed E-state index contributed by atoms with van der Waals surface area (Å²) in [6.07, 6.45) is 6.08. The minimum absolute atomic E-state index is 0.121. The van der Waals surface area contributed by atoms with E-state index in [0.717, 1.165) is 19.3 Å². The molecule has 0 radical (unpaired) electrons. The first kappa shape index (κ1) is 12.6. The van der Waals surface area contributed by atoms with E-state index < -0.39 is 5.97 Å². The molecule has 0 aromatic carbocycles. The van der Waals surface area contributed by atoms with E-state index in [4.69, 9.17) is 5.11 Å². The summed E-state index contributed by atoms with van der Waals surface area (Å²) in [6.45, 7) is 0.411. The molecule has 1 saturated carbocycles. The molecule has 98 valence electrons. The second-order valence-corrected chi connectivity index (χ2v) is 5.03. The van der Waals surface area contributed by atoms with Crippen molar-refractivity contribution in [2.24, 2.45) is 12.5 Å². The zero-order valence-corrected chi connectivity index (χ0v) is 10.3. The van der Waals surface area contributed by atoms with Gasteiger partial charge in [0.15, 0.2) is 0 Å². The van der Waals surface area contributed by atoms with E-state index in [9.17, 15) is 9.59 Å². The molecule has 0 spiro atoms. The Hall–Kier alpha value is -1.85. The molecule has 0 aliphatic heterocycles. The lowest BCUT2D eigenvalue weighted by molar-refractivity contribution is -0.141. The number of carbonyl (C=O) groups excluding carboxylic acids is 1. The number of carboxylic acid groups (broad SMARTS) is 1. The zero-order chi connectivity index (χ0) is 13.2. The summed E-state index contributed by atoms with van der Waals surface area (Å²) in [5.74, 6) is -1.05. The third-order valence-electron chi connectivity index (χ3n) is 3.50. The van der Waals surface area contributed by atoms with Crippen molar-refractivity contribution in [3.8, 4) is 0 Å². The number of imidazole rings is 1. The van der Waals surface area contributed by atoms with Gasteiger partial charge in [-0.05, 0) is 18.3 Å². The van der Waals surface area contributed by atoms with Crippen molar-refractivity contribution in [2.45, 2.75) is 25.7 Å². The average Bonchev–Trinajstić information content (AvgIpc) is 2.68. The first-order valence-electron chi connectivity index (χ1n) is 5.99. The predicted molar refractivity (Wildman–Crippen MR) is 64.1 cm³/mol. The van der Waals surface area contributed by atoms with Crippen LogP contribution in [0.4, 0.5) is 0 Å². The fourth-order valence-corrected chi connectivity index (χ4v) is 2.30. The summed E-state index contributed by atoms with van der Waals surface area (Å²) < 4.78 is 1.70. The Morgan fingerprint density at radius 3 is 2.72 bits per heavy atom. The van der Waals surface area contributed by atoms with Gasteiger partial charge in [-0.25, -0.2) is 4.98 Å². The van der Waals surface area contributed by atoms with Gasteiger partial charge in [0, 0.05) is 19.8 Å². The number of aromatic nitrogens is 2. The van der Waals surface area contributed by atoms with Crippen LogP contribution in [-0.4, -0.2) is 33.1 Å². The molecule has 6 nitrogen and oxygen atoms in total. The molecule has 2 N–H and O–H groups in total. The number of hydrogen-bond acceptors (Lipinski definition) is 3. The fourth-order valence-electron chi connectivity index (χ4n) is 2.30. The Kier molecular flexibility index (Phi) is 3.36. The van der Waals surface area contributed by atoms with Crippen molar-refractivity contribution < 1.29 is 14.7 Å². The second kappa shape index (κ2) is 4.80. The normalized spacial score (nSPS) is 16.9. The maximum Gasteiger partial charge on any atom is 0.303 e. The summed E-state index contributed by atoms with van der Waals surface area (Å²) in [5.41, 5.74) is 0.110. The molecular formula is C12H17N3O3. The number of aryl methyl sites for hydroxylation is 1. The summed E-state index contributed by atoms with van der Waals surface area (Å²) in [5, 5.41) is 11.7. The second-order valence-electron chi connectivity index (χ2n) is 5.03. The van der Waals surface area contributed by atoms with Gasteiger partial charge in [-0.3, -0.25) is 9.59 Å². The number of carbonyl (C=O) groups is 2. The summed E-state index contributed by atoms with van der Waals surface area (Å²) in [6, 6.07) is 0. The fraction of sp³-hybridized carbons (Fsp3) is 0.583. The number of nitrogens with zero attached hydrogens (tertiary/aromatic N) is 2. The van der Waals surface area contributed by atoms with Crippen LogP contribution < -0.4 is 5.32 Å². The molecule has 2 rings (SSSR count). The number of amides is 1. The Morgan fingerprint density at radius 2 is 2.28 bits per heavy atom. The number of rotatable bonds is 5. The lowest BCUT2D eigenvalue weighted by Gasteiger charge is -2.40. The molecular weight excluding hydrogens is 234 g/mol. The summed E-state index contributed by atoms with van der Waals surface area (Å²) in [7, 11) is 1.79. The minimum Gasteiger partial charge on any atom is -0.481 e. The van der Waals surface area contributed by atoms with Crippen molar-refractivity contribution in [2.75, 3.05) is 6.54 Å². The van der Waals surface area contributed by atoms with Crippen LogP contribution in [-0.2, 0) is 11.8 Å². The lowest BCUT2D eigenvalue weighted by atomic mass is 9.66. The van der Waals surface area contributed by atoms with Crippen LogP contribution in [0, 0.1) is 5.41 Å². The number of hydrogen-bond donors (Lipinski definition) is 2. The first-order valence-corrected chi connectivity index (χ1v) is 5.99. The van der Waals surface area contributed by atoms with Gasteiger partial charge in [-0.2, -0.15) is 0 Å². The highest BCUT2D eigenvalue weighted by molar-refractivity contribution is 5.92. The van der Waals surface area contributed by atoms with Gasteiger partial charge in [0.05, 0.1) is 12.7 Å². The molecule has 1 heterocycles. The van der Waals surface area contributed by atoms with Gasteiger partial charge in [0.2, 0.25) is 0 Å². The minimum atomic E-state index is -0.804. The zero-order valence-electron chi connectivity index (χ0n) is 10.3. The van der Waals surface area contributed by atoms with E-state index >= 15 is 0 Å². The van der Waals surface area contributed by atoms with Crippen LogP contribution in [0.5, 0.6) is 0 Å². The molecule has 1 aromatic heterocycles. The third kappa shape index (κ3) is 2.69. The van der Waals surface area contributed by atoms with Crippen molar-refractivity contribution in [1.29, 1.82) is 0 Å². The molecule has 0 bridgehead atoms. The van der Waals surface area contributed by atoms with Crippen LogP contribution in [0.3, 0.4) is 0 Å². The Bertz CT molecular complexity index is 463. The van der Waals surface area contributed by atoms with Gasteiger partial charge >= 0.3 is 5.97 Å². The van der Waals surface area contributed by atoms with E-state index in [1.807, 2.05) is 0 Å². The van der Waals surface area contributed by atoms with Crippen LogP contribution in [0.15, 0.2) is 12.5 Å². The monoisotopic (exact) mass is 251 g/mol. The molecule has 0 saturated heterocycles. The van der Waals surface area contributed by atoms with Crippen LogP contribution in [0.2, 0.25) is 0 Å². The Balaban J connectivity index is 1.90. The molecule has 0 atom stereocenters. The van der Waals surface area contributed by atoms with E-state index in [2.05, 4.69) is 10.3 Å². The smallest absolute Gasteiger partial charge is 0.303 e. The van der Waals surface area contributed by atoms with Crippen LogP contribution in [0.1, 0.15) is 36.2 Å². The van der Waals surface area contributed by atoms with E-state index in [0.29, 0.717) is 12.2 Å². The Morgan fingerprint density at radius 1 is 1.56 bits per heavy atom. The van der Waals surface area contributed by atoms with Crippen molar-refractivity contribution in [1.82, 2.24) is 14.9 Å². The standard InChI is InChI=1S/C12H17N3O3/c1-15-6-9(14-8-15)11(18)13-7-12(3-2-4-12)5-10(16)17/h6,8H,2-5,7H2,1H3,(H,13,18)(H,16,17). The molecule has 6 heteroatoms. The molecule has 1 aliphatic carbocycles. The first-order chi connectivity index (χ1) is 8.51. The molecule has 1 fully saturated rings.